The molecule has 1 aliphatic rings. The second-order valence-electron chi connectivity index (χ2n) is 7.54. The molecular weight excluding hydrogens is 548 g/mol. The molecule has 7 N–H and O–H groups in total. The van der Waals surface area contributed by atoms with Crippen LogP contribution in [0.3, 0.4) is 0 Å². The highest BCUT2D eigenvalue weighted by Gasteiger charge is 2.23. The highest BCUT2D eigenvalue weighted by molar-refractivity contribution is 9.10. The van der Waals surface area contributed by atoms with E-state index < -0.39 is 42.9 Å². The van der Waals surface area contributed by atoms with Gasteiger partial charge in [-0.1, -0.05) is 11.6 Å². The van der Waals surface area contributed by atoms with Crippen LogP contribution in [0.25, 0.3) is 0 Å². The molecule has 1 aromatic heterocycles. The number of carboxylic acid groups (broad SMARTS) is 1. The quantitative estimate of drug-likeness (QED) is 0.243. The molecule has 2 heterocycles. The second kappa shape index (κ2) is 11.8. The molecule has 2 atom stereocenters. The number of aromatic hydroxyl groups is 1. The van der Waals surface area contributed by atoms with Gasteiger partial charge < -0.3 is 36.6 Å². The number of halogens is 2. The van der Waals surface area contributed by atoms with Gasteiger partial charge in [0.1, 0.15) is 5.75 Å². The van der Waals surface area contributed by atoms with Gasteiger partial charge in [0.05, 0.1) is 53.6 Å². The molecule has 0 saturated heterocycles. The van der Waals surface area contributed by atoms with Crippen molar-refractivity contribution in [2.24, 2.45) is 4.99 Å². The number of phenols is 1. The summed E-state index contributed by atoms with van der Waals surface area (Å²) in [6.45, 7) is 0.118. The Labute approximate surface area is 212 Å². The average Bonchev–Trinajstić information content (AvgIpc) is 2.81. The standard InChI is InChI=1S/C21H22BrClN6O6/c22-15-3-11(23)2-14(19(15)34)16(4-18(32)33)29-17(31)9-25-20(35)10-1-12(6-24-5-10)28-21-26-7-13(30)8-27-21/h1-3,5-6,13,16,30,34H,4,7-9H2,(H,25,35)(H,29,31)(H,32,33)(H2,26,27,28)/t16-/m1/s1. The topological polar surface area (TPSA) is 185 Å². The van der Waals surface area contributed by atoms with Crippen molar-refractivity contribution in [2.75, 3.05) is 25.0 Å². The zero-order valence-corrected chi connectivity index (χ0v) is 20.4. The molecule has 0 radical (unpaired) electrons. The number of carbonyl (C=O) groups excluding carboxylic acids is 2. The Kier molecular flexibility index (Phi) is 8.84. The Morgan fingerprint density at radius 2 is 2.03 bits per heavy atom. The number of aliphatic hydroxyl groups is 1. The number of benzene rings is 1. The number of carbonyl (C=O) groups is 3. The lowest BCUT2D eigenvalue weighted by Crippen LogP contribution is -2.42. The Bertz CT molecular complexity index is 1160. The van der Waals surface area contributed by atoms with Crippen LogP contribution in [-0.4, -0.2) is 69.8 Å². The number of amides is 2. The van der Waals surface area contributed by atoms with E-state index in [0.29, 0.717) is 18.2 Å². The van der Waals surface area contributed by atoms with Gasteiger partial charge in [-0.25, -0.2) is 0 Å². The molecule has 1 aliphatic heterocycles. The average molecular weight is 570 g/mol. The number of aromatic nitrogens is 1. The summed E-state index contributed by atoms with van der Waals surface area (Å²) in [4.78, 5) is 44.4. The van der Waals surface area contributed by atoms with E-state index in [-0.39, 0.29) is 32.9 Å². The van der Waals surface area contributed by atoms with E-state index in [1.807, 2.05) is 0 Å². The number of β-amino-alcohol motifs (C(OH)–C–C–N with tert-alkyl or cyclic N) is 1. The third-order valence-electron chi connectivity index (χ3n) is 4.78. The minimum Gasteiger partial charge on any atom is -0.506 e. The highest BCUT2D eigenvalue weighted by atomic mass is 79.9. The lowest BCUT2D eigenvalue weighted by Gasteiger charge is -2.20. The molecular formula is C21H22BrClN6O6. The summed E-state index contributed by atoms with van der Waals surface area (Å²) in [6, 6.07) is 3.19. The number of anilines is 1. The predicted molar refractivity (Wildman–Crippen MR) is 130 cm³/mol. The maximum atomic E-state index is 12.5. The molecule has 2 amide bonds. The number of aliphatic imine (C=N–C) groups is 1. The fourth-order valence-corrected chi connectivity index (χ4v) is 3.99. The van der Waals surface area contributed by atoms with Gasteiger partial charge in [0.2, 0.25) is 5.91 Å². The Balaban J connectivity index is 1.62. The molecule has 2 aromatic rings. The minimum absolute atomic E-state index is 0.112. The number of guanidine groups is 1. The van der Waals surface area contributed by atoms with Gasteiger partial charge in [0.15, 0.2) is 5.96 Å². The van der Waals surface area contributed by atoms with Crippen LogP contribution in [0.1, 0.15) is 28.4 Å². The number of aliphatic carboxylic acids is 1. The van der Waals surface area contributed by atoms with Crippen molar-refractivity contribution in [3.63, 3.8) is 0 Å². The number of nitrogens with one attached hydrogen (secondary N) is 4. The SMILES string of the molecule is O=C(O)C[C@@H](NC(=O)CNC(=O)c1cncc(NC2=NCC(O)CN2)c1)c1cc(Cl)cc(Br)c1O. The van der Waals surface area contributed by atoms with Crippen molar-refractivity contribution >= 4 is 57.0 Å². The molecule has 12 nitrogen and oxygen atoms in total. The van der Waals surface area contributed by atoms with Crippen LogP contribution in [0.5, 0.6) is 5.75 Å². The Morgan fingerprint density at radius 1 is 1.26 bits per heavy atom. The van der Waals surface area contributed by atoms with Crippen molar-refractivity contribution in [3.8, 4) is 5.75 Å². The van der Waals surface area contributed by atoms with E-state index in [4.69, 9.17) is 11.6 Å². The monoisotopic (exact) mass is 568 g/mol. The Morgan fingerprint density at radius 3 is 2.71 bits per heavy atom. The molecule has 1 aromatic carbocycles. The lowest BCUT2D eigenvalue weighted by molar-refractivity contribution is -0.137. The summed E-state index contributed by atoms with van der Waals surface area (Å²) in [5, 5.41) is 40.0. The number of hydrogen-bond acceptors (Lipinski definition) is 9. The number of hydrogen-bond donors (Lipinski definition) is 7. The first-order chi connectivity index (χ1) is 16.6. The summed E-state index contributed by atoms with van der Waals surface area (Å²) in [5.74, 6) is -2.31. The molecule has 0 fully saturated rings. The third kappa shape index (κ3) is 7.53. The molecule has 3 rings (SSSR count). The summed E-state index contributed by atoms with van der Waals surface area (Å²) >= 11 is 9.13. The Hall–Kier alpha value is -3.42. The minimum atomic E-state index is -1.21. The smallest absolute Gasteiger partial charge is 0.305 e. The van der Waals surface area contributed by atoms with Gasteiger partial charge in [-0.15, -0.1) is 0 Å². The number of aliphatic hydroxyl groups excluding tert-OH is 1. The first-order valence-electron chi connectivity index (χ1n) is 10.3. The van der Waals surface area contributed by atoms with Crippen LogP contribution < -0.4 is 21.3 Å². The van der Waals surface area contributed by atoms with Gasteiger partial charge in [0, 0.05) is 23.3 Å². The van der Waals surface area contributed by atoms with E-state index in [9.17, 15) is 29.7 Å². The van der Waals surface area contributed by atoms with Crippen molar-refractivity contribution in [2.45, 2.75) is 18.6 Å². The van der Waals surface area contributed by atoms with Gasteiger partial charge in [-0.05, 0) is 34.1 Å². The summed E-state index contributed by atoms with van der Waals surface area (Å²) in [6.07, 6.45) is 1.70. The maximum absolute atomic E-state index is 12.5. The molecule has 0 bridgehead atoms. The molecule has 186 valence electrons. The number of rotatable bonds is 8. The van der Waals surface area contributed by atoms with Gasteiger partial charge in [0.25, 0.3) is 5.91 Å². The van der Waals surface area contributed by atoms with Gasteiger partial charge >= 0.3 is 5.97 Å². The second-order valence-corrected chi connectivity index (χ2v) is 8.83. The van der Waals surface area contributed by atoms with Crippen LogP contribution in [0.2, 0.25) is 5.02 Å². The summed E-state index contributed by atoms with van der Waals surface area (Å²) in [7, 11) is 0. The molecule has 1 unspecified atom stereocenters. The van der Waals surface area contributed by atoms with Crippen LogP contribution >= 0.6 is 27.5 Å². The van der Waals surface area contributed by atoms with Crippen molar-refractivity contribution in [1.82, 2.24) is 20.9 Å². The zero-order valence-electron chi connectivity index (χ0n) is 18.1. The number of nitrogens with zero attached hydrogens (tertiary/aromatic N) is 2. The number of carboxylic acids is 1. The van der Waals surface area contributed by atoms with Crippen LogP contribution in [0.4, 0.5) is 5.69 Å². The summed E-state index contributed by atoms with van der Waals surface area (Å²) in [5.41, 5.74) is 0.743. The van der Waals surface area contributed by atoms with E-state index in [1.165, 1.54) is 30.6 Å². The van der Waals surface area contributed by atoms with E-state index >= 15 is 0 Å². The van der Waals surface area contributed by atoms with Crippen molar-refractivity contribution in [3.05, 3.63) is 51.2 Å². The van der Waals surface area contributed by atoms with E-state index in [2.05, 4.69) is 47.2 Å². The fourth-order valence-electron chi connectivity index (χ4n) is 3.16. The molecule has 0 aliphatic carbocycles. The molecule has 0 saturated carbocycles. The molecule has 14 heteroatoms. The van der Waals surface area contributed by atoms with E-state index in [0.717, 1.165) is 0 Å². The molecule has 0 spiro atoms. The fraction of sp³-hybridized carbons (Fsp3) is 0.286. The van der Waals surface area contributed by atoms with Crippen molar-refractivity contribution < 1.29 is 29.7 Å². The summed E-state index contributed by atoms with van der Waals surface area (Å²) < 4.78 is 0.240. The molecule has 35 heavy (non-hydrogen) atoms. The first kappa shape index (κ1) is 26.2. The van der Waals surface area contributed by atoms with Gasteiger partial charge in [-0.3, -0.25) is 24.4 Å². The maximum Gasteiger partial charge on any atom is 0.305 e. The number of pyridine rings is 1. The normalized spacial score (nSPS) is 15.9. The van der Waals surface area contributed by atoms with Gasteiger partial charge in [-0.2, -0.15) is 0 Å². The van der Waals surface area contributed by atoms with Crippen LogP contribution in [0, 0.1) is 0 Å². The van der Waals surface area contributed by atoms with Crippen LogP contribution in [0.15, 0.2) is 40.1 Å². The first-order valence-corrected chi connectivity index (χ1v) is 11.4. The number of phenolic OH excluding ortho intramolecular Hbond substituents is 1. The highest BCUT2D eigenvalue weighted by Crippen LogP contribution is 2.36. The lowest BCUT2D eigenvalue weighted by atomic mass is 10.0. The zero-order chi connectivity index (χ0) is 25.5. The predicted octanol–water partition coefficient (Wildman–Crippen LogP) is 0.997. The van der Waals surface area contributed by atoms with Crippen molar-refractivity contribution in [1.29, 1.82) is 0 Å². The largest absolute Gasteiger partial charge is 0.506 e. The third-order valence-corrected chi connectivity index (χ3v) is 5.61. The van der Waals surface area contributed by atoms with E-state index in [1.54, 1.807) is 0 Å². The van der Waals surface area contributed by atoms with Crippen LogP contribution in [-0.2, 0) is 9.59 Å².